The monoisotopic (exact) mass is 970 g/mol. The molecule has 2 spiro atoms. The minimum absolute atomic E-state index is 0.160. The van der Waals surface area contributed by atoms with Gasteiger partial charge in [0.05, 0.1) is 11.1 Å². The standard InChI is InChI=1S/C27H22F2N2O4.C15H11F2NO3.C12H13NO2/c28-18-5-9-20(10-6-18)31(21-11-7-19(29)8-12-21)25(33)17-24(32)30-15-13-27(14-16-30)23-4-2-1-3-22(23)26(34)35-27;16-10-1-5-12(6-2-10)18(14(19)9-15(20)21)13-7-3-11(17)4-8-13;14-11-9-3-1-2-4-10(9)12(15-11)5-7-13-8-6-12/h1-12H,13-17H2;1-8H,9H2,(H,20,21);1-4,13H,5-8H2. The number of hydrogen-bond donors (Lipinski definition) is 2. The van der Waals surface area contributed by atoms with Crippen molar-refractivity contribution in [1.29, 1.82) is 0 Å². The number of carbonyl (C=O) groups is 6. The normalized spacial score (nSPS) is 15.7. The number of benzene rings is 6. The summed E-state index contributed by atoms with van der Waals surface area (Å²) in [6, 6.07) is 35.6. The quantitative estimate of drug-likeness (QED) is 0.0854. The number of likely N-dealkylation sites (tertiary alicyclic amines) is 1. The molecule has 17 heteroatoms. The van der Waals surface area contributed by atoms with Crippen LogP contribution in [0.2, 0.25) is 0 Å². The molecule has 364 valence electrons. The van der Waals surface area contributed by atoms with Gasteiger partial charge in [-0.1, -0.05) is 36.4 Å². The average Bonchev–Trinajstić information content (AvgIpc) is 3.79. The van der Waals surface area contributed by atoms with Crippen LogP contribution in [0.5, 0.6) is 0 Å². The van der Waals surface area contributed by atoms with Gasteiger partial charge in [0.2, 0.25) is 17.7 Å². The van der Waals surface area contributed by atoms with Crippen LogP contribution in [-0.4, -0.2) is 71.8 Å². The number of nitrogens with zero attached hydrogens (tertiary/aromatic N) is 3. The Bertz CT molecular complexity index is 2850. The van der Waals surface area contributed by atoms with E-state index in [1.165, 1.54) is 77.7 Å². The summed E-state index contributed by atoms with van der Waals surface area (Å²) in [4.78, 5) is 77.0. The number of carbonyl (C=O) groups excluding carboxylic acids is 5. The van der Waals surface area contributed by atoms with Crippen molar-refractivity contribution in [2.75, 3.05) is 36.0 Å². The Morgan fingerprint density at radius 3 is 1.21 bits per heavy atom. The van der Waals surface area contributed by atoms with Crippen LogP contribution in [0.15, 0.2) is 146 Å². The van der Waals surface area contributed by atoms with E-state index in [-0.39, 0.29) is 23.4 Å². The summed E-state index contributed by atoms with van der Waals surface area (Å²) in [5.41, 5.74) is 3.47. The van der Waals surface area contributed by atoms with Crippen LogP contribution in [0, 0.1) is 23.3 Å². The van der Waals surface area contributed by atoms with Crippen LogP contribution in [0.1, 0.15) is 70.4 Å². The van der Waals surface area contributed by atoms with Crippen molar-refractivity contribution < 1.29 is 60.9 Å². The number of anilines is 4. The van der Waals surface area contributed by atoms with E-state index >= 15 is 0 Å². The minimum Gasteiger partial charge on any atom is -0.481 e. The second-order valence-electron chi connectivity index (χ2n) is 17.1. The number of nitrogens with one attached hydrogen (secondary N) is 1. The van der Waals surface area contributed by atoms with Crippen molar-refractivity contribution in [3.63, 3.8) is 0 Å². The van der Waals surface area contributed by atoms with Gasteiger partial charge >= 0.3 is 17.9 Å². The predicted molar refractivity (Wildman–Crippen MR) is 252 cm³/mol. The first kappa shape index (κ1) is 49.2. The number of rotatable bonds is 8. The predicted octanol–water partition coefficient (Wildman–Crippen LogP) is 9.25. The highest BCUT2D eigenvalue weighted by Gasteiger charge is 2.48. The number of ether oxygens (including phenoxy) is 2. The van der Waals surface area contributed by atoms with Crippen molar-refractivity contribution in [3.8, 4) is 0 Å². The third kappa shape index (κ3) is 11.0. The fourth-order valence-corrected chi connectivity index (χ4v) is 9.15. The number of carboxylic acid groups (broad SMARTS) is 1. The fraction of sp³-hybridized carbons (Fsp3) is 0.222. The molecule has 71 heavy (non-hydrogen) atoms. The van der Waals surface area contributed by atoms with Gasteiger partial charge in [-0.05, 0) is 122 Å². The van der Waals surface area contributed by atoms with Gasteiger partial charge in [-0.15, -0.1) is 0 Å². The smallest absolute Gasteiger partial charge is 0.339 e. The van der Waals surface area contributed by atoms with E-state index in [1.54, 1.807) is 17.0 Å². The fourth-order valence-electron chi connectivity index (χ4n) is 9.15. The van der Waals surface area contributed by atoms with Gasteiger partial charge in [0, 0.05) is 72.6 Å². The molecule has 2 N–H and O–H groups in total. The maximum Gasteiger partial charge on any atom is 0.339 e. The summed E-state index contributed by atoms with van der Waals surface area (Å²) in [5.74, 6) is -5.29. The first-order chi connectivity index (χ1) is 34.1. The Morgan fingerprint density at radius 2 is 0.845 bits per heavy atom. The molecule has 6 aromatic rings. The highest BCUT2D eigenvalue weighted by Crippen LogP contribution is 2.45. The van der Waals surface area contributed by atoms with Crippen LogP contribution in [0.3, 0.4) is 0 Å². The number of halogens is 4. The van der Waals surface area contributed by atoms with Gasteiger partial charge in [0.1, 0.15) is 47.3 Å². The Morgan fingerprint density at radius 1 is 0.507 bits per heavy atom. The molecule has 3 amide bonds. The second-order valence-corrected chi connectivity index (χ2v) is 17.1. The molecule has 4 aliphatic rings. The SMILES string of the molecule is O=C(O)CC(=O)N(c1ccc(F)cc1)c1ccc(F)cc1.O=C1OC2(CCN(C(=O)CC(=O)N(c3ccc(F)cc3)c3ccc(F)cc3)CC2)c2ccccc21.O=C1OC2(CCNCC2)c2ccccc21. The lowest BCUT2D eigenvalue weighted by molar-refractivity contribution is -0.141. The minimum atomic E-state index is -1.28. The van der Waals surface area contributed by atoms with Gasteiger partial charge in [0.15, 0.2) is 0 Å². The Kier molecular flexibility index (Phi) is 14.7. The summed E-state index contributed by atoms with van der Waals surface area (Å²) in [6.45, 7) is 2.50. The zero-order valence-corrected chi connectivity index (χ0v) is 38.0. The molecule has 0 atom stereocenters. The van der Waals surface area contributed by atoms with Crippen molar-refractivity contribution >= 4 is 58.4 Å². The van der Waals surface area contributed by atoms with Crippen LogP contribution in [0.4, 0.5) is 40.3 Å². The van der Waals surface area contributed by atoms with E-state index in [2.05, 4.69) is 5.32 Å². The lowest BCUT2D eigenvalue weighted by Crippen LogP contribution is -2.46. The number of esters is 2. The lowest BCUT2D eigenvalue weighted by atomic mass is 9.83. The van der Waals surface area contributed by atoms with Gasteiger partial charge in [0.25, 0.3) is 0 Å². The van der Waals surface area contributed by atoms with Crippen molar-refractivity contribution in [2.24, 2.45) is 0 Å². The summed E-state index contributed by atoms with van der Waals surface area (Å²) in [5, 5.41) is 12.0. The molecule has 0 saturated carbocycles. The van der Waals surface area contributed by atoms with E-state index < -0.39 is 59.5 Å². The third-order valence-electron chi connectivity index (χ3n) is 12.6. The lowest BCUT2D eigenvalue weighted by Gasteiger charge is -2.38. The molecule has 0 bridgehead atoms. The Labute approximate surface area is 405 Å². The van der Waals surface area contributed by atoms with Crippen LogP contribution in [0.25, 0.3) is 0 Å². The molecule has 6 aromatic carbocycles. The van der Waals surface area contributed by atoms with Crippen LogP contribution in [-0.2, 0) is 39.9 Å². The van der Waals surface area contributed by atoms with Crippen molar-refractivity contribution in [3.05, 3.63) is 191 Å². The molecule has 13 nitrogen and oxygen atoms in total. The topological polar surface area (TPSA) is 163 Å². The largest absolute Gasteiger partial charge is 0.481 e. The number of piperidine rings is 2. The third-order valence-corrected chi connectivity index (χ3v) is 12.6. The molecule has 2 saturated heterocycles. The maximum absolute atomic E-state index is 13.5. The van der Waals surface area contributed by atoms with Gasteiger partial charge in [-0.25, -0.2) is 27.2 Å². The summed E-state index contributed by atoms with van der Waals surface area (Å²) < 4.78 is 64.2. The number of carboxylic acids is 1. The molecule has 4 heterocycles. The number of aliphatic carboxylic acids is 1. The summed E-state index contributed by atoms with van der Waals surface area (Å²) in [6.07, 6.45) is 1.50. The van der Waals surface area contributed by atoms with Crippen LogP contribution < -0.4 is 15.1 Å². The second kappa shape index (κ2) is 21.2. The van der Waals surface area contributed by atoms with E-state index in [9.17, 15) is 46.3 Å². The molecule has 10 rings (SSSR count). The number of fused-ring (bicyclic) bond motifs is 4. The van der Waals surface area contributed by atoms with Gasteiger partial charge in [-0.2, -0.15) is 0 Å². The highest BCUT2D eigenvalue weighted by atomic mass is 19.1. The highest BCUT2D eigenvalue weighted by molar-refractivity contribution is 6.09. The Hall–Kier alpha value is -8.18. The molecule has 0 radical (unpaired) electrons. The van der Waals surface area contributed by atoms with E-state index in [0.717, 1.165) is 71.8 Å². The molecule has 0 aromatic heterocycles. The molecular weight excluding hydrogens is 925 g/mol. The molecule has 4 aliphatic heterocycles. The van der Waals surface area contributed by atoms with Crippen molar-refractivity contribution in [2.45, 2.75) is 49.7 Å². The first-order valence-corrected chi connectivity index (χ1v) is 22.7. The van der Waals surface area contributed by atoms with E-state index in [1.807, 2.05) is 36.4 Å². The van der Waals surface area contributed by atoms with Gasteiger partial charge in [-0.3, -0.25) is 29.0 Å². The zero-order valence-electron chi connectivity index (χ0n) is 38.0. The average molecular weight is 971 g/mol. The maximum atomic E-state index is 13.5. The first-order valence-electron chi connectivity index (χ1n) is 22.7. The molecule has 0 aliphatic carbocycles. The van der Waals surface area contributed by atoms with E-state index in [4.69, 9.17) is 14.6 Å². The van der Waals surface area contributed by atoms with E-state index in [0.29, 0.717) is 54.2 Å². The summed E-state index contributed by atoms with van der Waals surface area (Å²) >= 11 is 0. The zero-order chi connectivity index (χ0) is 50.3. The molecule has 0 unspecified atom stereocenters. The number of amides is 3. The number of hydrogen-bond acceptors (Lipinski definition) is 9. The molecule has 2 fully saturated rings. The van der Waals surface area contributed by atoms with Crippen molar-refractivity contribution in [1.82, 2.24) is 10.2 Å². The molecular formula is C54H46F4N4O9. The van der Waals surface area contributed by atoms with Crippen LogP contribution >= 0.6 is 0 Å². The summed E-state index contributed by atoms with van der Waals surface area (Å²) in [7, 11) is 0. The van der Waals surface area contributed by atoms with Gasteiger partial charge < -0.3 is 24.8 Å². The Balaban J connectivity index is 0.000000158.